The van der Waals surface area contributed by atoms with Gasteiger partial charge in [0.2, 0.25) is 0 Å². The first-order chi connectivity index (χ1) is 15.2. The number of ether oxygens (including phenoxy) is 1. The fourth-order valence-corrected chi connectivity index (χ4v) is 4.13. The Morgan fingerprint density at radius 2 is 2.13 bits per heavy atom. The van der Waals surface area contributed by atoms with Crippen molar-refractivity contribution >= 4 is 11.6 Å². The SMILES string of the molecule is C#Cc1ccc2c(c1)C(c1ccccc1)=NCc1c(C(=O)NCC3CCCO3)ncn1-2. The van der Waals surface area contributed by atoms with Gasteiger partial charge in [-0.05, 0) is 31.0 Å². The molecular weight excluding hydrogens is 388 g/mol. The van der Waals surface area contributed by atoms with E-state index in [4.69, 9.17) is 16.2 Å². The van der Waals surface area contributed by atoms with Crippen LogP contribution in [0, 0.1) is 12.3 Å². The van der Waals surface area contributed by atoms with Crippen molar-refractivity contribution in [2.45, 2.75) is 25.5 Å². The number of fused-ring (bicyclic) bond motifs is 3. The van der Waals surface area contributed by atoms with Gasteiger partial charge < -0.3 is 10.1 Å². The van der Waals surface area contributed by atoms with E-state index in [0.717, 1.165) is 53.2 Å². The van der Waals surface area contributed by atoms with E-state index in [0.29, 0.717) is 18.8 Å². The van der Waals surface area contributed by atoms with E-state index in [1.54, 1.807) is 6.33 Å². The lowest BCUT2D eigenvalue weighted by atomic mass is 9.98. The van der Waals surface area contributed by atoms with Gasteiger partial charge in [0.1, 0.15) is 6.33 Å². The van der Waals surface area contributed by atoms with Gasteiger partial charge in [0.05, 0.1) is 29.7 Å². The van der Waals surface area contributed by atoms with Crippen LogP contribution in [0.2, 0.25) is 0 Å². The monoisotopic (exact) mass is 410 g/mol. The fourth-order valence-electron chi connectivity index (χ4n) is 4.13. The topological polar surface area (TPSA) is 68.5 Å². The lowest BCUT2D eigenvalue weighted by molar-refractivity contribution is 0.0853. The maximum absolute atomic E-state index is 12.9. The Bertz CT molecular complexity index is 1200. The highest BCUT2D eigenvalue weighted by atomic mass is 16.5. The average Bonchev–Trinajstić information content (AvgIpc) is 3.45. The molecule has 0 radical (unpaired) electrons. The maximum atomic E-state index is 12.9. The molecule has 1 fully saturated rings. The number of imidazole rings is 1. The van der Waals surface area contributed by atoms with Crippen molar-refractivity contribution in [3.63, 3.8) is 0 Å². The Kier molecular flexibility index (Phi) is 5.11. The highest BCUT2D eigenvalue weighted by molar-refractivity contribution is 6.15. The van der Waals surface area contributed by atoms with E-state index < -0.39 is 0 Å². The number of nitrogens with one attached hydrogen (secondary N) is 1. The van der Waals surface area contributed by atoms with Crippen molar-refractivity contribution in [1.29, 1.82) is 0 Å². The summed E-state index contributed by atoms with van der Waals surface area (Å²) in [5.74, 6) is 2.50. The number of aliphatic imine (C=N–C) groups is 1. The summed E-state index contributed by atoms with van der Waals surface area (Å²) in [6.07, 6.45) is 9.43. The second kappa shape index (κ2) is 8.21. The second-order valence-corrected chi connectivity index (χ2v) is 7.66. The predicted octanol–water partition coefficient (Wildman–Crippen LogP) is 3.11. The molecular formula is C25H22N4O2. The number of aromatic nitrogens is 2. The number of hydrogen-bond donors (Lipinski definition) is 1. The number of nitrogens with zero attached hydrogens (tertiary/aromatic N) is 3. The van der Waals surface area contributed by atoms with Crippen LogP contribution in [0.25, 0.3) is 5.69 Å². The highest BCUT2D eigenvalue weighted by Gasteiger charge is 2.25. The number of carbonyl (C=O) groups excluding carboxylic acids is 1. The molecule has 2 aliphatic heterocycles. The summed E-state index contributed by atoms with van der Waals surface area (Å²) in [5, 5.41) is 2.97. The molecule has 1 atom stereocenters. The first-order valence-corrected chi connectivity index (χ1v) is 10.4. The Balaban J connectivity index is 1.54. The summed E-state index contributed by atoms with van der Waals surface area (Å²) in [6, 6.07) is 15.8. The molecule has 0 saturated carbocycles. The molecule has 0 aliphatic carbocycles. The number of hydrogen-bond acceptors (Lipinski definition) is 4. The molecule has 154 valence electrons. The van der Waals surface area contributed by atoms with E-state index in [-0.39, 0.29) is 12.0 Å². The highest BCUT2D eigenvalue weighted by Crippen LogP contribution is 2.27. The summed E-state index contributed by atoms with van der Waals surface area (Å²) in [7, 11) is 0. The molecule has 31 heavy (non-hydrogen) atoms. The smallest absolute Gasteiger partial charge is 0.271 e. The molecule has 5 rings (SSSR count). The molecule has 1 unspecified atom stereocenters. The zero-order chi connectivity index (χ0) is 21.2. The fraction of sp³-hybridized carbons (Fsp3) is 0.240. The third-order valence-corrected chi connectivity index (χ3v) is 5.71. The number of carbonyl (C=O) groups is 1. The standard InChI is InChI=1S/C25H22N4O2/c1-2-17-10-11-21-20(13-17)23(18-7-4-3-5-8-18)26-15-22-24(28-16-29(21)22)25(30)27-14-19-9-6-12-31-19/h1,3-5,7-8,10-11,13,16,19H,6,9,12,14-15H2,(H,27,30). The van der Waals surface area contributed by atoms with Gasteiger partial charge in [-0.2, -0.15) is 0 Å². The molecule has 0 spiro atoms. The van der Waals surface area contributed by atoms with Gasteiger partial charge in [-0.3, -0.25) is 14.4 Å². The molecule has 1 amide bonds. The molecule has 2 aromatic carbocycles. The molecule has 1 saturated heterocycles. The number of rotatable bonds is 4. The zero-order valence-electron chi connectivity index (χ0n) is 17.0. The lowest BCUT2D eigenvalue weighted by Crippen LogP contribution is -2.32. The van der Waals surface area contributed by atoms with E-state index in [1.807, 2.05) is 53.1 Å². The van der Waals surface area contributed by atoms with Crippen molar-refractivity contribution in [3.05, 3.63) is 82.9 Å². The minimum Gasteiger partial charge on any atom is -0.376 e. The molecule has 6 heteroatoms. The minimum atomic E-state index is -0.204. The maximum Gasteiger partial charge on any atom is 0.271 e. The van der Waals surface area contributed by atoms with Crippen molar-refractivity contribution in [1.82, 2.24) is 14.9 Å². The van der Waals surface area contributed by atoms with Crippen LogP contribution in [0.15, 0.2) is 59.9 Å². The van der Waals surface area contributed by atoms with Gasteiger partial charge >= 0.3 is 0 Å². The van der Waals surface area contributed by atoms with Gasteiger partial charge in [-0.25, -0.2) is 4.98 Å². The van der Waals surface area contributed by atoms with E-state index in [2.05, 4.69) is 16.2 Å². The molecule has 3 heterocycles. The van der Waals surface area contributed by atoms with Crippen LogP contribution in [-0.4, -0.2) is 40.4 Å². The minimum absolute atomic E-state index is 0.0794. The number of benzene rings is 2. The first kappa shape index (κ1) is 19.3. The lowest BCUT2D eigenvalue weighted by Gasteiger charge is -2.12. The van der Waals surface area contributed by atoms with E-state index in [1.165, 1.54) is 0 Å². The van der Waals surface area contributed by atoms with Gasteiger partial charge in [-0.15, -0.1) is 6.42 Å². The summed E-state index contributed by atoms with van der Waals surface area (Å²) < 4.78 is 7.55. The Morgan fingerprint density at radius 1 is 1.26 bits per heavy atom. The van der Waals surface area contributed by atoms with Gasteiger partial charge in [0.25, 0.3) is 5.91 Å². The molecule has 2 aliphatic rings. The van der Waals surface area contributed by atoms with Crippen molar-refractivity contribution < 1.29 is 9.53 Å². The molecule has 1 N–H and O–H groups in total. The van der Waals surface area contributed by atoms with Gasteiger partial charge in [0, 0.05) is 29.8 Å². The zero-order valence-corrected chi connectivity index (χ0v) is 17.0. The Labute approximate surface area is 181 Å². The average molecular weight is 410 g/mol. The quantitative estimate of drug-likeness (QED) is 0.672. The summed E-state index contributed by atoms with van der Waals surface area (Å²) in [4.78, 5) is 22.2. The molecule has 3 aromatic rings. The van der Waals surface area contributed by atoms with Gasteiger partial charge in [0.15, 0.2) is 5.69 Å². The van der Waals surface area contributed by atoms with E-state index in [9.17, 15) is 4.79 Å². The summed E-state index contributed by atoms with van der Waals surface area (Å²) >= 11 is 0. The Hall–Kier alpha value is -3.69. The van der Waals surface area contributed by atoms with Crippen LogP contribution in [0.5, 0.6) is 0 Å². The van der Waals surface area contributed by atoms with Crippen LogP contribution in [-0.2, 0) is 11.3 Å². The van der Waals surface area contributed by atoms with E-state index >= 15 is 0 Å². The summed E-state index contributed by atoms with van der Waals surface area (Å²) in [6.45, 7) is 1.59. The third kappa shape index (κ3) is 3.65. The van der Waals surface area contributed by atoms with Gasteiger partial charge in [-0.1, -0.05) is 36.3 Å². The first-order valence-electron chi connectivity index (χ1n) is 10.4. The molecule has 0 bridgehead atoms. The summed E-state index contributed by atoms with van der Waals surface area (Å²) in [5.41, 5.74) is 5.60. The van der Waals surface area contributed by atoms with Crippen LogP contribution in [0.4, 0.5) is 0 Å². The number of amides is 1. The second-order valence-electron chi connectivity index (χ2n) is 7.66. The Morgan fingerprint density at radius 3 is 2.90 bits per heavy atom. The van der Waals surface area contributed by atoms with Crippen molar-refractivity contribution in [2.75, 3.05) is 13.2 Å². The number of terminal acetylenes is 1. The van der Waals surface area contributed by atoms with Crippen LogP contribution in [0.3, 0.4) is 0 Å². The van der Waals surface area contributed by atoms with Crippen LogP contribution >= 0.6 is 0 Å². The predicted molar refractivity (Wildman–Crippen MR) is 119 cm³/mol. The molecule has 6 nitrogen and oxygen atoms in total. The van der Waals surface area contributed by atoms with Crippen molar-refractivity contribution in [3.8, 4) is 18.0 Å². The van der Waals surface area contributed by atoms with Crippen LogP contribution < -0.4 is 5.32 Å². The van der Waals surface area contributed by atoms with Crippen molar-refractivity contribution in [2.24, 2.45) is 4.99 Å². The molecule has 1 aromatic heterocycles. The largest absolute Gasteiger partial charge is 0.376 e. The third-order valence-electron chi connectivity index (χ3n) is 5.71. The normalized spacial score (nSPS) is 17.1. The van der Waals surface area contributed by atoms with Crippen LogP contribution in [0.1, 0.15) is 45.7 Å².